The van der Waals surface area contributed by atoms with Gasteiger partial charge >= 0.3 is 16.4 Å². The molecule has 5 N–H and O–H groups in total. The Morgan fingerprint density at radius 2 is 1.69 bits per heavy atom. The molecule has 2 amide bonds. The topological polar surface area (TPSA) is 148 Å². The number of H-pyrrole nitrogens is 1. The summed E-state index contributed by atoms with van der Waals surface area (Å²) in [5.74, 6) is -0.378. The highest BCUT2D eigenvalue weighted by atomic mass is 32.2. The summed E-state index contributed by atoms with van der Waals surface area (Å²) in [5, 5.41) is 8.64. The Morgan fingerprint density at radius 1 is 1.03 bits per heavy atom. The number of thiazole rings is 1. The molecule has 1 aromatic heterocycles. The van der Waals surface area contributed by atoms with Crippen molar-refractivity contribution in [2.45, 2.75) is 38.3 Å². The van der Waals surface area contributed by atoms with E-state index in [1.54, 1.807) is 23.5 Å². The minimum Gasteiger partial charge on any atom is -0.453 e. The van der Waals surface area contributed by atoms with E-state index < -0.39 is 28.5 Å². The Kier molecular flexibility index (Phi) is 9.39. The van der Waals surface area contributed by atoms with Crippen molar-refractivity contribution in [3.63, 3.8) is 0 Å². The summed E-state index contributed by atoms with van der Waals surface area (Å²) >= 11 is 1.55. The van der Waals surface area contributed by atoms with Crippen LogP contribution in [0, 0.1) is 0 Å². The molecule has 0 radical (unpaired) electrons. The Balaban J connectivity index is 1.82. The van der Waals surface area contributed by atoms with Crippen LogP contribution < -0.4 is 20.3 Å². The third kappa shape index (κ3) is 8.33. The number of amides is 2. The van der Waals surface area contributed by atoms with Crippen LogP contribution in [0.2, 0.25) is 0 Å². The lowest BCUT2D eigenvalue weighted by atomic mass is 10.0. The van der Waals surface area contributed by atoms with Crippen molar-refractivity contribution in [3.05, 3.63) is 81.8 Å². The van der Waals surface area contributed by atoms with Gasteiger partial charge in [-0.05, 0) is 23.3 Å². The number of hydrogen-bond donors (Lipinski definition) is 4. The average molecular weight is 534 g/mol. The number of benzene rings is 2. The number of aromatic amines is 1. The molecule has 36 heavy (non-hydrogen) atoms. The first-order valence-corrected chi connectivity index (χ1v) is 13.5. The van der Waals surface area contributed by atoms with E-state index in [9.17, 15) is 18.0 Å². The van der Waals surface area contributed by atoms with Gasteiger partial charge in [0.15, 0.2) is 0 Å². The van der Waals surface area contributed by atoms with Gasteiger partial charge in [0.25, 0.3) is 0 Å². The van der Waals surface area contributed by atoms with E-state index in [4.69, 9.17) is 9.29 Å². The first-order valence-electron chi connectivity index (χ1n) is 11.2. The van der Waals surface area contributed by atoms with Gasteiger partial charge < -0.3 is 15.4 Å². The van der Waals surface area contributed by atoms with E-state index in [0.29, 0.717) is 6.42 Å². The Morgan fingerprint density at radius 3 is 2.28 bits per heavy atom. The first-order chi connectivity index (χ1) is 17.2. The van der Waals surface area contributed by atoms with Crippen LogP contribution in [0.15, 0.2) is 60.0 Å². The number of hydrogen-bond acceptors (Lipinski definition) is 6. The lowest BCUT2D eigenvalue weighted by Gasteiger charge is -2.21. The third-order valence-corrected chi connectivity index (χ3v) is 6.88. The molecule has 12 heteroatoms. The zero-order valence-corrected chi connectivity index (χ0v) is 21.5. The Bertz CT molecular complexity index is 1260. The van der Waals surface area contributed by atoms with Crippen LogP contribution in [0.25, 0.3) is 0 Å². The van der Waals surface area contributed by atoms with Gasteiger partial charge in [-0.25, -0.2) is 9.78 Å². The van der Waals surface area contributed by atoms with Crippen LogP contribution >= 0.6 is 11.3 Å². The van der Waals surface area contributed by atoms with Gasteiger partial charge in [0.2, 0.25) is 16.6 Å². The second-order valence-electron chi connectivity index (χ2n) is 8.01. The molecule has 1 heterocycles. The predicted octanol–water partition coefficient (Wildman–Crippen LogP) is 2.71. The van der Waals surface area contributed by atoms with Crippen LogP contribution in [0.3, 0.4) is 0 Å². The molecule has 0 aliphatic rings. The molecule has 0 aliphatic heterocycles. The zero-order chi connectivity index (χ0) is 26.1. The Hall–Kier alpha value is -3.48. The number of rotatable bonds is 11. The fraction of sp³-hybridized carbons (Fsp3) is 0.292. The van der Waals surface area contributed by atoms with Crippen molar-refractivity contribution in [2.75, 3.05) is 11.8 Å². The summed E-state index contributed by atoms with van der Waals surface area (Å²) in [6.45, 7) is 2.02. The molecule has 192 valence electrons. The number of methoxy groups -OCH3 is 1. The molecule has 0 saturated heterocycles. The maximum atomic E-state index is 13.4. The summed E-state index contributed by atoms with van der Waals surface area (Å²) in [5.41, 5.74) is 2.71. The highest BCUT2D eigenvalue weighted by Crippen LogP contribution is 2.21. The maximum absolute atomic E-state index is 13.4. The number of carbonyl (C=O) groups excluding carboxylic acids is 2. The van der Waals surface area contributed by atoms with Gasteiger partial charge in [0.1, 0.15) is 12.1 Å². The minimum atomic E-state index is -4.38. The van der Waals surface area contributed by atoms with Crippen LogP contribution in [0.1, 0.15) is 34.8 Å². The van der Waals surface area contributed by atoms with E-state index in [-0.39, 0.29) is 18.0 Å². The van der Waals surface area contributed by atoms with Crippen molar-refractivity contribution in [3.8, 4) is 0 Å². The fourth-order valence-electron chi connectivity index (χ4n) is 3.56. The van der Waals surface area contributed by atoms with E-state index >= 15 is 0 Å². The molecule has 0 bridgehead atoms. The van der Waals surface area contributed by atoms with Crippen LogP contribution in [0.4, 0.5) is 10.5 Å². The number of aryl methyl sites for hydroxylation is 1. The molecular weight excluding hydrogens is 504 g/mol. The van der Waals surface area contributed by atoms with Gasteiger partial charge in [-0.2, -0.15) is 8.42 Å². The second-order valence-corrected chi connectivity index (χ2v) is 10.1. The van der Waals surface area contributed by atoms with Crippen LogP contribution in [-0.2, 0) is 39.1 Å². The molecule has 3 aromatic rings. The molecule has 0 aliphatic carbocycles. The summed E-state index contributed by atoms with van der Waals surface area (Å²) in [6.07, 6.45) is 0.768. The second kappa shape index (κ2) is 12.5. The first kappa shape index (κ1) is 27.1. The van der Waals surface area contributed by atoms with Gasteiger partial charge in [-0.15, -0.1) is 0 Å². The van der Waals surface area contributed by atoms with Crippen molar-refractivity contribution >= 4 is 39.3 Å². The zero-order valence-electron chi connectivity index (χ0n) is 19.9. The molecule has 3 rings (SSSR count). The monoisotopic (exact) mass is 533 g/mol. The van der Waals surface area contributed by atoms with Crippen molar-refractivity contribution < 1.29 is 32.3 Å². The lowest BCUT2D eigenvalue weighted by molar-refractivity contribution is -0.397. The van der Waals surface area contributed by atoms with Crippen molar-refractivity contribution in [1.82, 2.24) is 10.6 Å². The smallest absolute Gasteiger partial charge is 0.407 e. The standard InChI is InChI=1S/C24H28N4O6S2/c1-3-22-25-21(15-35-22)19(13-17-9-11-18(12-10-17)28-36(31,32)33)26-23(29)20(27-24(30)34-2)14-16-7-5-4-6-8-16/h4-12,15,19-20,28H,3,13-14H2,1-2H3,(H,26,29)(H,27,30)(H,31,32,33)/p+1/t19-,20-/m0/s1. The molecule has 2 aromatic carbocycles. The lowest BCUT2D eigenvalue weighted by Crippen LogP contribution is -2.49. The van der Waals surface area contributed by atoms with E-state index in [1.165, 1.54) is 19.2 Å². The van der Waals surface area contributed by atoms with E-state index in [1.807, 2.05) is 47.4 Å². The third-order valence-electron chi connectivity index (χ3n) is 5.34. The largest absolute Gasteiger partial charge is 0.453 e. The summed E-state index contributed by atoms with van der Waals surface area (Å²) in [6, 6.07) is 14.5. The minimum absolute atomic E-state index is 0.211. The summed E-state index contributed by atoms with van der Waals surface area (Å²) < 4.78 is 37.8. The maximum Gasteiger partial charge on any atom is 0.407 e. The van der Waals surface area contributed by atoms with Crippen LogP contribution in [-0.4, -0.2) is 38.1 Å². The number of anilines is 1. The fourth-order valence-corrected chi connectivity index (χ4v) is 4.83. The normalized spacial score (nSPS) is 12.9. The summed E-state index contributed by atoms with van der Waals surface area (Å²) in [7, 11) is -3.14. The van der Waals surface area contributed by atoms with E-state index in [0.717, 1.165) is 28.2 Å². The van der Waals surface area contributed by atoms with Crippen LogP contribution in [0.5, 0.6) is 0 Å². The van der Waals surface area contributed by atoms with Gasteiger partial charge in [0.05, 0.1) is 18.2 Å². The van der Waals surface area contributed by atoms with Gasteiger partial charge in [-0.1, -0.05) is 60.7 Å². The van der Waals surface area contributed by atoms with Gasteiger partial charge in [0, 0.05) is 19.3 Å². The molecule has 10 nitrogen and oxygen atoms in total. The van der Waals surface area contributed by atoms with Crippen molar-refractivity contribution in [1.29, 1.82) is 0 Å². The average Bonchev–Trinajstić information content (AvgIpc) is 3.33. The quantitative estimate of drug-likeness (QED) is 0.279. The highest BCUT2D eigenvalue weighted by Gasteiger charge is 2.28. The van der Waals surface area contributed by atoms with Crippen molar-refractivity contribution in [2.24, 2.45) is 0 Å². The SMILES string of the molecule is CCc1[nH+]c([C@H](Cc2ccc(NS(=O)(=O)O)cc2)NC(=O)[C@H](Cc2ccccc2)NC(=O)OC)cs1. The molecule has 0 spiro atoms. The number of carbonyl (C=O) groups is 2. The molecule has 2 atom stereocenters. The number of nitrogens with one attached hydrogen (secondary N) is 4. The number of aromatic nitrogens is 1. The Labute approximate surface area is 214 Å². The molecule has 0 unspecified atom stereocenters. The highest BCUT2D eigenvalue weighted by molar-refractivity contribution is 7.87. The molecule has 0 fully saturated rings. The predicted molar refractivity (Wildman–Crippen MR) is 136 cm³/mol. The number of alkyl carbamates (subject to hydrolysis) is 1. The number of ether oxygens (including phenoxy) is 1. The summed E-state index contributed by atoms with van der Waals surface area (Å²) in [4.78, 5) is 28.7. The van der Waals surface area contributed by atoms with E-state index in [2.05, 4.69) is 15.6 Å². The molecular formula is C24H29N4O6S2+. The van der Waals surface area contributed by atoms with Gasteiger partial charge in [-0.3, -0.25) is 14.1 Å². The molecule has 0 saturated carbocycles.